The van der Waals surface area contributed by atoms with E-state index >= 15 is 0 Å². The van der Waals surface area contributed by atoms with Crippen LogP contribution in [-0.4, -0.2) is 46.3 Å². The maximum atomic E-state index is 9.87. The van der Waals surface area contributed by atoms with E-state index in [0.29, 0.717) is 18.3 Å². The number of aliphatic hydroxyl groups is 3. The minimum atomic E-state index is -1.09. The first-order valence-electron chi connectivity index (χ1n) is 6.42. The van der Waals surface area contributed by atoms with Crippen LogP contribution in [-0.2, 0) is 4.74 Å². The van der Waals surface area contributed by atoms with Gasteiger partial charge in [-0.3, -0.25) is 0 Å². The molecular weight excluding hydrogens is 220 g/mol. The highest BCUT2D eigenvalue weighted by Crippen LogP contribution is 2.31. The Bertz CT molecular complexity index is 279. The number of aliphatic hydroxyl groups excluding tert-OH is 3. The van der Waals surface area contributed by atoms with Crippen molar-refractivity contribution in [2.45, 2.75) is 50.6 Å². The standard InChI is InChI=1S/C13H22O4/c1-8-4-2-3-5-9(8)6-11-13(16)12(15)10(14)7-17-11/h3,5,8-16H,2,4,6-7H2,1H3/t8?,9?,10-,11+,12?,13-/m0/s1. The lowest BCUT2D eigenvalue weighted by Crippen LogP contribution is -2.53. The second-order valence-electron chi connectivity index (χ2n) is 5.30. The molecular formula is C13H22O4. The molecule has 4 nitrogen and oxygen atoms in total. The van der Waals surface area contributed by atoms with E-state index in [4.69, 9.17) is 4.74 Å². The third-order valence-corrected chi connectivity index (χ3v) is 4.01. The highest BCUT2D eigenvalue weighted by Gasteiger charge is 2.38. The summed E-state index contributed by atoms with van der Waals surface area (Å²) in [5.41, 5.74) is 0. The second-order valence-corrected chi connectivity index (χ2v) is 5.30. The lowest BCUT2D eigenvalue weighted by Gasteiger charge is -2.38. The predicted molar refractivity (Wildman–Crippen MR) is 63.4 cm³/mol. The first kappa shape index (κ1) is 13.0. The first-order chi connectivity index (χ1) is 8.09. The Kier molecular flexibility index (Phi) is 4.20. The van der Waals surface area contributed by atoms with E-state index in [1.165, 1.54) is 0 Å². The Morgan fingerprint density at radius 3 is 2.71 bits per heavy atom. The van der Waals surface area contributed by atoms with Crippen molar-refractivity contribution >= 4 is 0 Å². The second kappa shape index (κ2) is 5.48. The molecule has 0 spiro atoms. The monoisotopic (exact) mass is 242 g/mol. The van der Waals surface area contributed by atoms with Crippen LogP contribution >= 0.6 is 0 Å². The van der Waals surface area contributed by atoms with Gasteiger partial charge in [-0.2, -0.15) is 0 Å². The SMILES string of the molecule is CC1CCC=CC1C[C@H]1OC[C@H](O)C(O)[C@H]1O. The Morgan fingerprint density at radius 1 is 1.24 bits per heavy atom. The van der Waals surface area contributed by atoms with Gasteiger partial charge in [0.1, 0.15) is 18.3 Å². The highest BCUT2D eigenvalue weighted by molar-refractivity contribution is 4.98. The number of hydrogen-bond donors (Lipinski definition) is 3. The van der Waals surface area contributed by atoms with Crippen molar-refractivity contribution < 1.29 is 20.1 Å². The van der Waals surface area contributed by atoms with E-state index < -0.39 is 18.3 Å². The lowest BCUT2D eigenvalue weighted by atomic mass is 9.80. The molecule has 1 aliphatic heterocycles. The van der Waals surface area contributed by atoms with Gasteiger partial charge >= 0.3 is 0 Å². The van der Waals surface area contributed by atoms with Gasteiger partial charge in [0.2, 0.25) is 0 Å². The molecule has 0 aromatic rings. The third-order valence-electron chi connectivity index (χ3n) is 4.01. The topological polar surface area (TPSA) is 69.9 Å². The molecule has 0 amide bonds. The van der Waals surface area contributed by atoms with Crippen LogP contribution in [0.15, 0.2) is 12.2 Å². The number of rotatable bonds is 2. The Morgan fingerprint density at radius 2 is 2.00 bits per heavy atom. The molecule has 1 saturated heterocycles. The summed E-state index contributed by atoms with van der Waals surface area (Å²) in [7, 11) is 0. The molecule has 1 fully saturated rings. The van der Waals surface area contributed by atoms with Gasteiger partial charge in [-0.25, -0.2) is 0 Å². The molecule has 3 N–H and O–H groups in total. The summed E-state index contributed by atoms with van der Waals surface area (Å²) >= 11 is 0. The van der Waals surface area contributed by atoms with Crippen molar-refractivity contribution in [3.05, 3.63) is 12.2 Å². The van der Waals surface area contributed by atoms with Crippen LogP contribution in [0.4, 0.5) is 0 Å². The maximum absolute atomic E-state index is 9.87. The molecule has 2 aliphatic rings. The number of hydrogen-bond acceptors (Lipinski definition) is 4. The van der Waals surface area contributed by atoms with Crippen LogP contribution in [0, 0.1) is 11.8 Å². The Hall–Kier alpha value is -0.420. The summed E-state index contributed by atoms with van der Waals surface area (Å²) in [6, 6.07) is 0. The zero-order chi connectivity index (χ0) is 12.4. The summed E-state index contributed by atoms with van der Waals surface area (Å²) in [4.78, 5) is 0. The number of allylic oxidation sites excluding steroid dienone is 2. The van der Waals surface area contributed by atoms with Crippen molar-refractivity contribution in [2.75, 3.05) is 6.61 Å². The Labute approximate surface area is 102 Å². The molecule has 6 atom stereocenters. The summed E-state index contributed by atoms with van der Waals surface area (Å²) in [6.07, 6.45) is 3.93. The van der Waals surface area contributed by atoms with Gasteiger partial charge in [0.15, 0.2) is 0 Å². The molecule has 2 rings (SSSR count). The first-order valence-corrected chi connectivity index (χ1v) is 6.42. The fourth-order valence-electron chi connectivity index (χ4n) is 2.69. The van der Waals surface area contributed by atoms with Crippen molar-refractivity contribution in [3.63, 3.8) is 0 Å². The predicted octanol–water partition coefficient (Wildman–Crippen LogP) is 0.460. The molecule has 1 aliphatic carbocycles. The van der Waals surface area contributed by atoms with Gasteiger partial charge in [-0.05, 0) is 31.1 Å². The zero-order valence-electron chi connectivity index (χ0n) is 10.2. The molecule has 17 heavy (non-hydrogen) atoms. The average Bonchev–Trinajstić information content (AvgIpc) is 2.32. The van der Waals surface area contributed by atoms with Crippen LogP contribution in [0.5, 0.6) is 0 Å². The van der Waals surface area contributed by atoms with Gasteiger partial charge < -0.3 is 20.1 Å². The molecule has 1 heterocycles. The molecule has 0 saturated carbocycles. The van der Waals surface area contributed by atoms with Crippen LogP contribution in [0.3, 0.4) is 0 Å². The molecule has 3 unspecified atom stereocenters. The lowest BCUT2D eigenvalue weighted by molar-refractivity contribution is -0.190. The molecule has 4 heteroatoms. The van der Waals surface area contributed by atoms with Gasteiger partial charge in [0, 0.05) is 0 Å². The fourth-order valence-corrected chi connectivity index (χ4v) is 2.69. The van der Waals surface area contributed by atoms with Crippen LogP contribution in [0.25, 0.3) is 0 Å². The Balaban J connectivity index is 1.94. The molecule has 98 valence electrons. The molecule has 0 radical (unpaired) electrons. The van der Waals surface area contributed by atoms with E-state index in [2.05, 4.69) is 19.1 Å². The maximum Gasteiger partial charge on any atom is 0.111 e. The smallest absolute Gasteiger partial charge is 0.111 e. The van der Waals surface area contributed by atoms with Crippen molar-refractivity contribution in [2.24, 2.45) is 11.8 Å². The summed E-state index contributed by atoms with van der Waals surface area (Å²) in [5, 5.41) is 28.9. The van der Waals surface area contributed by atoms with Gasteiger partial charge in [-0.1, -0.05) is 19.1 Å². The van der Waals surface area contributed by atoms with Crippen LogP contribution in [0.1, 0.15) is 26.2 Å². The minimum Gasteiger partial charge on any atom is -0.388 e. The third kappa shape index (κ3) is 2.88. The van der Waals surface area contributed by atoms with Crippen molar-refractivity contribution in [1.29, 1.82) is 0 Å². The normalized spacial score (nSPS) is 47.1. The largest absolute Gasteiger partial charge is 0.388 e. The van der Waals surface area contributed by atoms with E-state index in [1.54, 1.807) is 0 Å². The summed E-state index contributed by atoms with van der Waals surface area (Å²) in [6.45, 7) is 2.31. The van der Waals surface area contributed by atoms with Crippen LogP contribution < -0.4 is 0 Å². The van der Waals surface area contributed by atoms with Gasteiger partial charge in [-0.15, -0.1) is 0 Å². The van der Waals surface area contributed by atoms with Crippen molar-refractivity contribution in [3.8, 4) is 0 Å². The summed E-state index contributed by atoms with van der Waals surface area (Å²) < 4.78 is 5.43. The molecule has 0 aromatic heterocycles. The van der Waals surface area contributed by atoms with Crippen molar-refractivity contribution in [1.82, 2.24) is 0 Å². The van der Waals surface area contributed by atoms with Gasteiger partial charge in [0.25, 0.3) is 0 Å². The fraction of sp³-hybridized carbons (Fsp3) is 0.846. The van der Waals surface area contributed by atoms with Crippen LogP contribution in [0.2, 0.25) is 0 Å². The van der Waals surface area contributed by atoms with E-state index in [-0.39, 0.29) is 12.7 Å². The van der Waals surface area contributed by atoms with Gasteiger partial charge in [0.05, 0.1) is 12.7 Å². The highest BCUT2D eigenvalue weighted by atomic mass is 16.5. The number of ether oxygens (including phenoxy) is 1. The average molecular weight is 242 g/mol. The van der Waals surface area contributed by atoms with E-state index in [1.807, 2.05) is 0 Å². The minimum absolute atomic E-state index is 0.105. The summed E-state index contributed by atoms with van der Waals surface area (Å²) in [5.74, 6) is 0.977. The quantitative estimate of drug-likeness (QED) is 0.615. The zero-order valence-corrected chi connectivity index (χ0v) is 10.2. The van der Waals surface area contributed by atoms with E-state index in [0.717, 1.165) is 12.8 Å². The van der Waals surface area contributed by atoms with E-state index in [9.17, 15) is 15.3 Å². The molecule has 0 aromatic carbocycles. The molecule has 0 bridgehead atoms.